The fourth-order valence-electron chi connectivity index (χ4n) is 2.38. The number of halogens is 1. The van der Waals surface area contributed by atoms with Crippen molar-refractivity contribution in [3.63, 3.8) is 0 Å². The minimum Gasteiger partial charge on any atom is -0.381 e. The van der Waals surface area contributed by atoms with E-state index in [1.54, 1.807) is 12.4 Å². The third-order valence-corrected chi connectivity index (χ3v) is 3.62. The van der Waals surface area contributed by atoms with Gasteiger partial charge in [0, 0.05) is 31.0 Å². The molecule has 94 valence electrons. The zero-order valence-electron chi connectivity index (χ0n) is 10.2. The number of aromatic nitrogens is 1. The van der Waals surface area contributed by atoms with Crippen LogP contribution in [0.4, 0.5) is 0 Å². The van der Waals surface area contributed by atoms with Crippen LogP contribution in [-0.2, 0) is 11.2 Å². The lowest BCUT2D eigenvalue weighted by Gasteiger charge is -2.32. The van der Waals surface area contributed by atoms with E-state index in [-0.39, 0.29) is 0 Å². The Balaban J connectivity index is 2.03. The lowest BCUT2D eigenvalue weighted by Crippen LogP contribution is -2.43. The van der Waals surface area contributed by atoms with E-state index in [4.69, 9.17) is 16.3 Å². The molecule has 1 aliphatic rings. The number of nitrogens with zero attached hydrogens (tertiary/aromatic N) is 1. The average molecular weight is 255 g/mol. The number of hydrogen-bond donors (Lipinski definition) is 1. The van der Waals surface area contributed by atoms with Gasteiger partial charge < -0.3 is 10.1 Å². The van der Waals surface area contributed by atoms with E-state index >= 15 is 0 Å². The maximum Gasteiger partial charge on any atom is 0.0621 e. The van der Waals surface area contributed by atoms with Gasteiger partial charge in [0.1, 0.15) is 0 Å². The molecule has 0 aliphatic carbocycles. The summed E-state index contributed by atoms with van der Waals surface area (Å²) < 4.78 is 5.57. The van der Waals surface area contributed by atoms with Gasteiger partial charge in [0.15, 0.2) is 0 Å². The maximum absolute atomic E-state index is 6.14. The predicted octanol–water partition coefficient (Wildman–Crippen LogP) is 2.29. The second-order valence-electron chi connectivity index (χ2n) is 4.46. The van der Waals surface area contributed by atoms with Crippen LogP contribution in [-0.4, -0.2) is 30.8 Å². The summed E-state index contributed by atoms with van der Waals surface area (Å²) >= 11 is 6.14. The number of hydrogen-bond acceptors (Lipinski definition) is 3. The molecule has 2 rings (SSSR count). The van der Waals surface area contributed by atoms with Gasteiger partial charge in [-0.2, -0.15) is 0 Å². The first-order valence-corrected chi connectivity index (χ1v) is 6.58. The average Bonchev–Trinajstić information content (AvgIpc) is 2.35. The Kier molecular flexibility index (Phi) is 4.77. The highest BCUT2D eigenvalue weighted by Gasteiger charge is 2.25. The lowest BCUT2D eigenvalue weighted by molar-refractivity contribution is 0.0327. The SMILES string of the molecule is CCNC1CCOCC1Cc1ccncc1Cl. The second-order valence-corrected chi connectivity index (χ2v) is 4.87. The molecule has 0 spiro atoms. The van der Waals surface area contributed by atoms with E-state index in [0.29, 0.717) is 12.0 Å². The molecule has 0 saturated carbocycles. The van der Waals surface area contributed by atoms with Crippen molar-refractivity contribution < 1.29 is 4.74 Å². The van der Waals surface area contributed by atoms with Gasteiger partial charge in [0.05, 0.1) is 11.6 Å². The van der Waals surface area contributed by atoms with Crippen LogP contribution in [0.3, 0.4) is 0 Å². The molecule has 1 N–H and O–H groups in total. The standard InChI is InChI=1S/C13H19ClN2O/c1-2-16-13-4-6-17-9-11(13)7-10-3-5-15-8-12(10)14/h3,5,8,11,13,16H,2,4,6-7,9H2,1H3. The van der Waals surface area contributed by atoms with Crippen LogP contribution < -0.4 is 5.32 Å². The quantitative estimate of drug-likeness (QED) is 0.895. The van der Waals surface area contributed by atoms with E-state index in [0.717, 1.165) is 37.6 Å². The van der Waals surface area contributed by atoms with Crippen molar-refractivity contribution in [2.24, 2.45) is 5.92 Å². The smallest absolute Gasteiger partial charge is 0.0621 e. The molecule has 1 saturated heterocycles. The molecular formula is C13H19ClN2O. The fourth-order valence-corrected chi connectivity index (χ4v) is 2.58. The lowest BCUT2D eigenvalue weighted by atomic mass is 9.89. The Labute approximate surface area is 108 Å². The Morgan fingerprint density at radius 1 is 1.59 bits per heavy atom. The van der Waals surface area contributed by atoms with Gasteiger partial charge in [-0.15, -0.1) is 0 Å². The number of rotatable bonds is 4. The molecule has 0 bridgehead atoms. The normalized spacial score (nSPS) is 24.8. The number of ether oxygens (including phenoxy) is 1. The van der Waals surface area contributed by atoms with E-state index in [2.05, 4.69) is 17.2 Å². The monoisotopic (exact) mass is 254 g/mol. The third kappa shape index (κ3) is 3.41. The molecule has 1 fully saturated rings. The van der Waals surface area contributed by atoms with Gasteiger partial charge in [0.25, 0.3) is 0 Å². The van der Waals surface area contributed by atoms with E-state index in [1.165, 1.54) is 5.56 Å². The first kappa shape index (κ1) is 12.8. The minimum absolute atomic E-state index is 0.503. The van der Waals surface area contributed by atoms with Crippen LogP contribution >= 0.6 is 11.6 Å². The van der Waals surface area contributed by atoms with Crippen LogP contribution in [0, 0.1) is 5.92 Å². The topological polar surface area (TPSA) is 34.1 Å². The van der Waals surface area contributed by atoms with Crippen LogP contribution in [0.2, 0.25) is 5.02 Å². The molecule has 1 aliphatic heterocycles. The number of nitrogens with one attached hydrogen (secondary N) is 1. The Morgan fingerprint density at radius 3 is 3.24 bits per heavy atom. The molecule has 4 heteroatoms. The maximum atomic E-state index is 6.14. The highest BCUT2D eigenvalue weighted by molar-refractivity contribution is 6.31. The largest absolute Gasteiger partial charge is 0.381 e. The summed E-state index contributed by atoms with van der Waals surface area (Å²) in [5.41, 5.74) is 1.17. The summed E-state index contributed by atoms with van der Waals surface area (Å²) in [6, 6.07) is 2.54. The van der Waals surface area contributed by atoms with Crippen molar-refractivity contribution in [1.82, 2.24) is 10.3 Å². The van der Waals surface area contributed by atoms with E-state index in [1.807, 2.05) is 6.07 Å². The molecule has 17 heavy (non-hydrogen) atoms. The first-order chi connectivity index (χ1) is 8.31. The molecule has 0 radical (unpaired) electrons. The van der Waals surface area contributed by atoms with E-state index < -0.39 is 0 Å². The van der Waals surface area contributed by atoms with Crippen LogP contribution in [0.25, 0.3) is 0 Å². The summed E-state index contributed by atoms with van der Waals surface area (Å²) in [7, 11) is 0. The van der Waals surface area contributed by atoms with Crippen molar-refractivity contribution in [2.45, 2.75) is 25.8 Å². The Morgan fingerprint density at radius 2 is 2.47 bits per heavy atom. The molecule has 0 amide bonds. The molecule has 2 unspecified atom stereocenters. The molecule has 0 aromatic carbocycles. The molecular weight excluding hydrogens is 236 g/mol. The first-order valence-electron chi connectivity index (χ1n) is 6.20. The van der Waals surface area contributed by atoms with Crippen molar-refractivity contribution in [3.8, 4) is 0 Å². The van der Waals surface area contributed by atoms with Crippen molar-refractivity contribution in [3.05, 3.63) is 29.0 Å². The van der Waals surface area contributed by atoms with Gasteiger partial charge in [-0.1, -0.05) is 18.5 Å². The van der Waals surface area contributed by atoms with Crippen molar-refractivity contribution in [2.75, 3.05) is 19.8 Å². The molecule has 3 nitrogen and oxygen atoms in total. The molecule has 2 heterocycles. The summed E-state index contributed by atoms with van der Waals surface area (Å²) in [5, 5.41) is 4.29. The van der Waals surface area contributed by atoms with Crippen LogP contribution in [0.1, 0.15) is 18.9 Å². The molecule has 2 atom stereocenters. The van der Waals surface area contributed by atoms with Gasteiger partial charge >= 0.3 is 0 Å². The highest BCUT2D eigenvalue weighted by Crippen LogP contribution is 2.23. The van der Waals surface area contributed by atoms with Crippen molar-refractivity contribution >= 4 is 11.6 Å². The summed E-state index contributed by atoms with van der Waals surface area (Å²) in [4.78, 5) is 4.01. The molecule has 1 aromatic rings. The second kappa shape index (κ2) is 6.34. The third-order valence-electron chi connectivity index (χ3n) is 3.28. The summed E-state index contributed by atoms with van der Waals surface area (Å²) in [6.07, 6.45) is 5.55. The van der Waals surface area contributed by atoms with E-state index in [9.17, 15) is 0 Å². The van der Waals surface area contributed by atoms with Crippen molar-refractivity contribution in [1.29, 1.82) is 0 Å². The summed E-state index contributed by atoms with van der Waals surface area (Å²) in [5.74, 6) is 0.503. The van der Waals surface area contributed by atoms with Crippen LogP contribution in [0.5, 0.6) is 0 Å². The van der Waals surface area contributed by atoms with Crippen LogP contribution in [0.15, 0.2) is 18.5 Å². The van der Waals surface area contributed by atoms with Gasteiger partial charge in [-0.25, -0.2) is 0 Å². The van der Waals surface area contributed by atoms with Gasteiger partial charge in [-0.05, 0) is 31.0 Å². The zero-order chi connectivity index (χ0) is 12.1. The highest BCUT2D eigenvalue weighted by atomic mass is 35.5. The predicted molar refractivity (Wildman–Crippen MR) is 69.3 cm³/mol. The zero-order valence-corrected chi connectivity index (χ0v) is 10.9. The minimum atomic E-state index is 0.503. The summed E-state index contributed by atoms with van der Waals surface area (Å²) in [6.45, 7) is 4.83. The number of pyridine rings is 1. The Bertz CT molecular complexity index is 357. The fraction of sp³-hybridized carbons (Fsp3) is 0.615. The van der Waals surface area contributed by atoms with Gasteiger partial charge in [0.2, 0.25) is 0 Å². The van der Waals surface area contributed by atoms with Gasteiger partial charge in [-0.3, -0.25) is 4.98 Å². The molecule has 1 aromatic heterocycles. The Hall–Kier alpha value is -0.640.